The molecule has 26 heavy (non-hydrogen) atoms. The van der Waals surface area contributed by atoms with E-state index in [0.29, 0.717) is 6.04 Å². The Morgan fingerprint density at radius 3 is 1.88 bits per heavy atom. The molecular formula is C24H32N2. The molecule has 0 aliphatic carbocycles. The quantitative estimate of drug-likeness (QED) is 0.738. The Kier molecular flexibility index (Phi) is 5.42. The van der Waals surface area contributed by atoms with E-state index in [2.05, 4.69) is 72.3 Å². The Hall–Kier alpha value is -1.64. The van der Waals surface area contributed by atoms with Crippen molar-refractivity contribution in [2.24, 2.45) is 0 Å². The van der Waals surface area contributed by atoms with Crippen molar-refractivity contribution in [3.05, 3.63) is 59.7 Å². The molecule has 2 aliphatic heterocycles. The molecule has 0 N–H and O–H groups in total. The Morgan fingerprint density at radius 2 is 1.31 bits per heavy atom. The zero-order valence-electron chi connectivity index (χ0n) is 16.3. The van der Waals surface area contributed by atoms with Crippen molar-refractivity contribution in [2.45, 2.75) is 44.6 Å². The van der Waals surface area contributed by atoms with Crippen LogP contribution in [0.2, 0.25) is 0 Å². The lowest BCUT2D eigenvalue weighted by atomic mass is 9.88. The number of hydrogen-bond donors (Lipinski definition) is 0. The smallest absolute Gasteiger partial charge is 0.0319 e. The molecule has 2 aromatic rings. The van der Waals surface area contributed by atoms with E-state index in [9.17, 15) is 0 Å². The van der Waals surface area contributed by atoms with E-state index in [1.165, 1.54) is 74.1 Å². The number of benzene rings is 2. The monoisotopic (exact) mass is 348 g/mol. The fourth-order valence-corrected chi connectivity index (χ4v) is 4.58. The van der Waals surface area contributed by atoms with Crippen molar-refractivity contribution in [3.8, 4) is 11.1 Å². The number of rotatable bonds is 4. The van der Waals surface area contributed by atoms with Crippen LogP contribution in [0.3, 0.4) is 0 Å². The molecule has 2 heterocycles. The van der Waals surface area contributed by atoms with Crippen molar-refractivity contribution < 1.29 is 0 Å². The molecule has 2 nitrogen and oxygen atoms in total. The lowest BCUT2D eigenvalue weighted by Crippen LogP contribution is -2.29. The third-order valence-electron chi connectivity index (χ3n) is 6.52. The van der Waals surface area contributed by atoms with Gasteiger partial charge in [0.05, 0.1) is 0 Å². The maximum absolute atomic E-state index is 2.60. The minimum atomic E-state index is 0.540. The van der Waals surface area contributed by atoms with Gasteiger partial charge in [0.2, 0.25) is 0 Å². The molecule has 2 saturated heterocycles. The molecule has 2 fully saturated rings. The lowest BCUT2D eigenvalue weighted by Gasteiger charge is -2.29. The fourth-order valence-electron chi connectivity index (χ4n) is 4.58. The van der Waals surface area contributed by atoms with Gasteiger partial charge in [-0.2, -0.15) is 0 Å². The van der Waals surface area contributed by atoms with Crippen LogP contribution in [-0.4, -0.2) is 43.0 Å². The summed E-state index contributed by atoms with van der Waals surface area (Å²) in [5.41, 5.74) is 5.62. The molecule has 0 radical (unpaired) electrons. The maximum Gasteiger partial charge on any atom is 0.0319 e. The summed E-state index contributed by atoms with van der Waals surface area (Å²) in [4.78, 5) is 5.04. The molecule has 1 atom stereocenters. The molecule has 4 rings (SSSR count). The molecule has 0 amide bonds. The van der Waals surface area contributed by atoms with Crippen molar-refractivity contribution in [1.29, 1.82) is 0 Å². The Balaban J connectivity index is 1.44. The van der Waals surface area contributed by atoms with Crippen LogP contribution in [0.15, 0.2) is 48.5 Å². The topological polar surface area (TPSA) is 6.48 Å². The average Bonchev–Trinajstić information content (AvgIpc) is 3.23. The van der Waals surface area contributed by atoms with Gasteiger partial charge < -0.3 is 4.90 Å². The van der Waals surface area contributed by atoms with Crippen molar-refractivity contribution in [2.75, 3.05) is 33.2 Å². The standard InChI is InChI=1S/C24H32N2/c1-19(26-15-3-4-16-26)20-5-7-21(8-6-20)22-9-11-23(12-10-22)24-13-17-25(2)18-14-24/h5-12,19,24H,3-4,13-18H2,1-2H3/t19-/m1/s1. The van der Waals surface area contributed by atoms with E-state index in [1.54, 1.807) is 0 Å². The highest BCUT2D eigenvalue weighted by atomic mass is 15.2. The highest BCUT2D eigenvalue weighted by Crippen LogP contribution is 2.30. The van der Waals surface area contributed by atoms with Gasteiger partial charge in [0.25, 0.3) is 0 Å². The first-order valence-corrected chi connectivity index (χ1v) is 10.3. The van der Waals surface area contributed by atoms with Gasteiger partial charge in [-0.25, -0.2) is 0 Å². The maximum atomic E-state index is 2.60. The van der Waals surface area contributed by atoms with Gasteiger partial charge in [-0.1, -0.05) is 48.5 Å². The van der Waals surface area contributed by atoms with Gasteiger partial charge in [0, 0.05) is 6.04 Å². The normalized spacial score (nSPS) is 21.2. The van der Waals surface area contributed by atoms with E-state index in [4.69, 9.17) is 0 Å². The lowest BCUT2D eigenvalue weighted by molar-refractivity contribution is 0.255. The van der Waals surface area contributed by atoms with E-state index >= 15 is 0 Å². The van der Waals surface area contributed by atoms with Crippen LogP contribution in [0.5, 0.6) is 0 Å². The highest BCUT2D eigenvalue weighted by Gasteiger charge is 2.20. The molecule has 2 aliphatic rings. The zero-order valence-corrected chi connectivity index (χ0v) is 16.3. The Morgan fingerprint density at radius 1 is 0.769 bits per heavy atom. The third-order valence-corrected chi connectivity index (χ3v) is 6.52. The first-order valence-electron chi connectivity index (χ1n) is 10.3. The summed E-state index contributed by atoms with van der Waals surface area (Å²) in [6, 6.07) is 19.1. The molecule has 0 aromatic heterocycles. The number of likely N-dealkylation sites (tertiary alicyclic amines) is 2. The van der Waals surface area contributed by atoms with Crippen LogP contribution < -0.4 is 0 Å². The van der Waals surface area contributed by atoms with E-state index in [1.807, 2.05) is 0 Å². The Bertz CT molecular complexity index is 690. The van der Waals surface area contributed by atoms with E-state index in [-0.39, 0.29) is 0 Å². The molecular weight excluding hydrogens is 316 g/mol. The summed E-state index contributed by atoms with van der Waals surface area (Å²) in [6.07, 6.45) is 5.29. The second-order valence-corrected chi connectivity index (χ2v) is 8.24. The summed E-state index contributed by atoms with van der Waals surface area (Å²) >= 11 is 0. The van der Waals surface area contributed by atoms with Gasteiger partial charge in [0.1, 0.15) is 0 Å². The average molecular weight is 349 g/mol. The van der Waals surface area contributed by atoms with E-state index < -0.39 is 0 Å². The summed E-state index contributed by atoms with van der Waals surface area (Å²) in [7, 11) is 2.23. The predicted octanol–water partition coefficient (Wildman–Crippen LogP) is 5.32. The predicted molar refractivity (Wildman–Crippen MR) is 111 cm³/mol. The molecule has 2 aromatic carbocycles. The van der Waals surface area contributed by atoms with Gasteiger partial charge >= 0.3 is 0 Å². The minimum Gasteiger partial charge on any atom is -0.306 e. The van der Waals surface area contributed by atoms with Gasteiger partial charge in [-0.15, -0.1) is 0 Å². The van der Waals surface area contributed by atoms with Crippen LogP contribution in [0, 0.1) is 0 Å². The molecule has 0 bridgehead atoms. The number of nitrogens with zero attached hydrogens (tertiary/aromatic N) is 2. The van der Waals surface area contributed by atoms with Crippen molar-refractivity contribution >= 4 is 0 Å². The van der Waals surface area contributed by atoms with Gasteiger partial charge in [-0.3, -0.25) is 4.90 Å². The zero-order chi connectivity index (χ0) is 17.9. The number of piperidine rings is 1. The van der Waals surface area contributed by atoms with Gasteiger partial charge in [-0.05, 0) is 94.0 Å². The minimum absolute atomic E-state index is 0.540. The first kappa shape index (κ1) is 17.8. The fraction of sp³-hybridized carbons (Fsp3) is 0.500. The SMILES string of the molecule is C[C@H](c1ccc(-c2ccc(C3CCN(C)CC3)cc2)cc1)N1CCCC1. The third kappa shape index (κ3) is 3.87. The summed E-state index contributed by atoms with van der Waals surface area (Å²) in [5, 5.41) is 0. The second kappa shape index (κ2) is 7.94. The molecule has 138 valence electrons. The first-order chi connectivity index (χ1) is 12.7. The van der Waals surface area contributed by atoms with Crippen LogP contribution in [0.25, 0.3) is 11.1 Å². The van der Waals surface area contributed by atoms with Crippen molar-refractivity contribution in [1.82, 2.24) is 9.80 Å². The summed E-state index contributed by atoms with van der Waals surface area (Å²) in [5.74, 6) is 0.740. The van der Waals surface area contributed by atoms with Crippen LogP contribution in [0.1, 0.15) is 55.7 Å². The van der Waals surface area contributed by atoms with E-state index in [0.717, 1.165) is 5.92 Å². The molecule has 0 unspecified atom stereocenters. The van der Waals surface area contributed by atoms with Crippen LogP contribution in [-0.2, 0) is 0 Å². The Labute approximate surface area is 158 Å². The number of hydrogen-bond acceptors (Lipinski definition) is 2. The second-order valence-electron chi connectivity index (χ2n) is 8.24. The molecule has 0 spiro atoms. The highest BCUT2D eigenvalue weighted by molar-refractivity contribution is 5.64. The molecule has 2 heteroatoms. The molecule has 0 saturated carbocycles. The summed E-state index contributed by atoms with van der Waals surface area (Å²) in [6.45, 7) is 7.30. The summed E-state index contributed by atoms with van der Waals surface area (Å²) < 4.78 is 0. The van der Waals surface area contributed by atoms with Crippen molar-refractivity contribution in [3.63, 3.8) is 0 Å². The largest absolute Gasteiger partial charge is 0.306 e. The van der Waals surface area contributed by atoms with Gasteiger partial charge in [0.15, 0.2) is 0 Å². The van der Waals surface area contributed by atoms with Crippen LogP contribution in [0.4, 0.5) is 0 Å². The van der Waals surface area contributed by atoms with Crippen LogP contribution >= 0.6 is 0 Å².